The molecule has 0 spiro atoms. The molecular formula is C31H56N2. The lowest BCUT2D eigenvalue weighted by Crippen LogP contribution is -2.39. The van der Waals surface area contributed by atoms with Gasteiger partial charge in [-0.15, -0.1) is 0 Å². The van der Waals surface area contributed by atoms with Gasteiger partial charge < -0.3 is 10.2 Å². The fourth-order valence-corrected chi connectivity index (χ4v) is 4.73. The van der Waals surface area contributed by atoms with E-state index in [0.29, 0.717) is 12.1 Å². The van der Waals surface area contributed by atoms with E-state index in [1.165, 1.54) is 88.6 Å². The van der Waals surface area contributed by atoms with Crippen LogP contribution in [0.1, 0.15) is 113 Å². The molecule has 0 aliphatic carbocycles. The van der Waals surface area contributed by atoms with Gasteiger partial charge in [0.05, 0.1) is 0 Å². The van der Waals surface area contributed by atoms with Crippen LogP contribution in [0.2, 0.25) is 0 Å². The summed E-state index contributed by atoms with van der Waals surface area (Å²) in [5.41, 5.74) is 5.95. The van der Waals surface area contributed by atoms with E-state index in [1.807, 2.05) is 0 Å². The summed E-state index contributed by atoms with van der Waals surface area (Å²) in [4.78, 5) is 2.69. The Hall–Kier alpha value is -1.12. The molecule has 1 fully saturated rings. The molecule has 1 aliphatic rings. The first-order valence-corrected chi connectivity index (χ1v) is 13.7. The molecule has 1 N–H and O–H groups in total. The maximum atomic E-state index is 3.90. The van der Waals surface area contributed by atoms with E-state index >= 15 is 0 Å². The minimum atomic E-state index is 0.605. The molecule has 1 heterocycles. The minimum absolute atomic E-state index is 0.605. The van der Waals surface area contributed by atoms with Gasteiger partial charge in [0.2, 0.25) is 0 Å². The van der Waals surface area contributed by atoms with Gasteiger partial charge >= 0.3 is 0 Å². The molecule has 3 atom stereocenters. The summed E-state index contributed by atoms with van der Waals surface area (Å²) in [6.07, 6.45) is 20.7. The van der Waals surface area contributed by atoms with Crippen molar-refractivity contribution in [1.29, 1.82) is 0 Å². The second kappa shape index (κ2) is 17.3. The van der Waals surface area contributed by atoms with E-state index < -0.39 is 0 Å². The van der Waals surface area contributed by atoms with E-state index in [4.69, 9.17) is 0 Å². The lowest BCUT2D eigenvalue weighted by Gasteiger charge is -2.22. The second-order valence-electron chi connectivity index (χ2n) is 11.3. The molecule has 3 unspecified atom stereocenters. The maximum absolute atomic E-state index is 3.90. The van der Waals surface area contributed by atoms with Crippen molar-refractivity contribution in [3.8, 4) is 0 Å². The number of rotatable bonds is 16. The highest BCUT2D eigenvalue weighted by Crippen LogP contribution is 2.17. The van der Waals surface area contributed by atoms with Gasteiger partial charge in [-0.05, 0) is 119 Å². The first-order chi connectivity index (χ1) is 15.7. The lowest BCUT2D eigenvalue weighted by molar-refractivity contribution is 0.271. The van der Waals surface area contributed by atoms with Gasteiger partial charge in [0.15, 0.2) is 0 Å². The molecule has 33 heavy (non-hydrogen) atoms. The van der Waals surface area contributed by atoms with Crippen molar-refractivity contribution >= 4 is 0 Å². The van der Waals surface area contributed by atoms with Gasteiger partial charge in [0.25, 0.3) is 0 Å². The van der Waals surface area contributed by atoms with Gasteiger partial charge in [-0.3, -0.25) is 0 Å². The Morgan fingerprint density at radius 1 is 0.788 bits per heavy atom. The third-order valence-corrected chi connectivity index (χ3v) is 6.79. The molecule has 0 aromatic heterocycles. The SMILES string of the molecule is CC(C)=CCC/C(C)=C/CCC(C)CN1CCC(NC(C)CC/C=C(\C)CCC=C(C)C)C1. The third kappa shape index (κ3) is 16.2. The fourth-order valence-electron chi connectivity index (χ4n) is 4.73. The fraction of sp³-hybridized carbons (Fsp3) is 0.742. The number of hydrogen-bond donors (Lipinski definition) is 1. The number of hydrogen-bond acceptors (Lipinski definition) is 2. The van der Waals surface area contributed by atoms with Crippen LogP contribution < -0.4 is 5.32 Å². The Bertz CT molecular complexity index is 588. The van der Waals surface area contributed by atoms with E-state index in [9.17, 15) is 0 Å². The van der Waals surface area contributed by atoms with Crippen LogP contribution >= 0.6 is 0 Å². The molecule has 0 saturated carbocycles. The van der Waals surface area contributed by atoms with E-state index in [0.717, 1.165) is 5.92 Å². The van der Waals surface area contributed by atoms with Crippen molar-refractivity contribution in [3.05, 3.63) is 46.6 Å². The van der Waals surface area contributed by atoms with Gasteiger partial charge in [-0.2, -0.15) is 0 Å². The standard InChI is InChI=1S/C31H56N2/c1-25(2)13-9-15-27(5)17-11-19-29(7)23-33-22-21-31(24-33)32-30(8)20-12-18-28(6)16-10-14-26(3)4/h13-14,17-18,29-32H,9-12,15-16,19-24H2,1-8H3/b27-17+,28-18+. The summed E-state index contributed by atoms with van der Waals surface area (Å²) in [6, 6.07) is 1.28. The Morgan fingerprint density at radius 3 is 1.88 bits per heavy atom. The Labute approximate surface area is 207 Å². The summed E-state index contributed by atoms with van der Waals surface area (Å²) < 4.78 is 0. The lowest BCUT2D eigenvalue weighted by atomic mass is 10.0. The van der Waals surface area contributed by atoms with Gasteiger partial charge in [-0.1, -0.05) is 53.5 Å². The number of allylic oxidation sites excluding steroid dienone is 8. The van der Waals surface area contributed by atoms with E-state index in [2.05, 4.69) is 89.9 Å². The quantitative estimate of drug-likeness (QED) is 0.234. The smallest absolute Gasteiger partial charge is 0.0209 e. The molecule has 0 radical (unpaired) electrons. The van der Waals surface area contributed by atoms with Crippen molar-refractivity contribution < 1.29 is 0 Å². The summed E-state index contributed by atoms with van der Waals surface area (Å²) >= 11 is 0. The van der Waals surface area contributed by atoms with Gasteiger partial charge in [0.1, 0.15) is 0 Å². The first-order valence-electron chi connectivity index (χ1n) is 13.7. The zero-order valence-electron chi connectivity index (χ0n) is 23.5. The molecule has 0 bridgehead atoms. The second-order valence-corrected chi connectivity index (χ2v) is 11.3. The molecule has 190 valence electrons. The molecular weight excluding hydrogens is 400 g/mol. The predicted octanol–water partition coefficient (Wildman–Crippen LogP) is 8.62. The van der Waals surface area contributed by atoms with Crippen LogP contribution in [-0.4, -0.2) is 36.6 Å². The molecule has 2 nitrogen and oxygen atoms in total. The van der Waals surface area contributed by atoms with Crippen LogP contribution in [0, 0.1) is 5.92 Å². The molecule has 0 amide bonds. The zero-order chi connectivity index (χ0) is 24.6. The summed E-state index contributed by atoms with van der Waals surface area (Å²) in [6.45, 7) is 21.9. The monoisotopic (exact) mass is 456 g/mol. The normalized spacial score (nSPS) is 19.5. The zero-order valence-corrected chi connectivity index (χ0v) is 23.5. The molecule has 2 heteroatoms. The maximum Gasteiger partial charge on any atom is 0.0209 e. The number of nitrogens with one attached hydrogen (secondary N) is 1. The topological polar surface area (TPSA) is 15.3 Å². The van der Waals surface area contributed by atoms with Crippen LogP contribution in [0.4, 0.5) is 0 Å². The number of likely N-dealkylation sites (tertiary alicyclic amines) is 1. The third-order valence-electron chi connectivity index (χ3n) is 6.79. The first kappa shape index (κ1) is 29.9. The van der Waals surface area contributed by atoms with Crippen molar-refractivity contribution in [1.82, 2.24) is 10.2 Å². The van der Waals surface area contributed by atoms with Gasteiger partial charge in [-0.25, -0.2) is 0 Å². The van der Waals surface area contributed by atoms with Crippen LogP contribution in [0.15, 0.2) is 46.6 Å². The van der Waals surface area contributed by atoms with E-state index in [1.54, 1.807) is 11.1 Å². The van der Waals surface area contributed by atoms with Crippen molar-refractivity contribution in [2.45, 2.75) is 125 Å². The molecule has 1 saturated heterocycles. The average molecular weight is 457 g/mol. The van der Waals surface area contributed by atoms with Crippen molar-refractivity contribution in [2.75, 3.05) is 19.6 Å². The highest BCUT2D eigenvalue weighted by molar-refractivity contribution is 5.03. The summed E-state index contributed by atoms with van der Waals surface area (Å²) in [7, 11) is 0. The Morgan fingerprint density at radius 2 is 1.33 bits per heavy atom. The largest absolute Gasteiger partial charge is 0.310 e. The summed E-state index contributed by atoms with van der Waals surface area (Å²) in [5, 5.41) is 3.90. The van der Waals surface area contributed by atoms with Crippen LogP contribution in [-0.2, 0) is 0 Å². The Kier molecular flexibility index (Phi) is 15.7. The summed E-state index contributed by atoms with van der Waals surface area (Å²) in [5.74, 6) is 0.780. The highest BCUT2D eigenvalue weighted by Gasteiger charge is 2.24. The highest BCUT2D eigenvalue weighted by atomic mass is 15.2. The molecule has 0 aromatic rings. The molecule has 1 aliphatic heterocycles. The minimum Gasteiger partial charge on any atom is -0.310 e. The van der Waals surface area contributed by atoms with Crippen molar-refractivity contribution in [3.63, 3.8) is 0 Å². The van der Waals surface area contributed by atoms with E-state index in [-0.39, 0.29) is 0 Å². The predicted molar refractivity (Wildman–Crippen MR) is 150 cm³/mol. The van der Waals surface area contributed by atoms with Gasteiger partial charge in [0, 0.05) is 25.2 Å². The van der Waals surface area contributed by atoms with Crippen LogP contribution in [0.25, 0.3) is 0 Å². The molecule has 0 aromatic carbocycles. The number of nitrogens with zero attached hydrogens (tertiary/aromatic N) is 1. The van der Waals surface area contributed by atoms with Crippen LogP contribution in [0.5, 0.6) is 0 Å². The average Bonchev–Trinajstić information content (AvgIpc) is 3.13. The van der Waals surface area contributed by atoms with Crippen LogP contribution in [0.3, 0.4) is 0 Å². The van der Waals surface area contributed by atoms with Crippen molar-refractivity contribution in [2.24, 2.45) is 5.92 Å². The molecule has 1 rings (SSSR count). The Balaban J connectivity index is 2.20.